The van der Waals surface area contributed by atoms with E-state index in [2.05, 4.69) is 17.4 Å². The first-order valence-electron chi connectivity index (χ1n) is 7.40. The molecule has 22 heavy (non-hydrogen) atoms. The lowest BCUT2D eigenvalue weighted by atomic mass is 10.1. The SMILES string of the molecule is CN(CCc1ccccc1)C(=O)c1ccc2c(c1)CCN2.Cl. The second-order valence-electron chi connectivity index (χ2n) is 5.51. The highest BCUT2D eigenvalue weighted by Crippen LogP contribution is 2.23. The van der Waals surface area contributed by atoms with Gasteiger partial charge >= 0.3 is 0 Å². The fourth-order valence-electron chi connectivity index (χ4n) is 2.70. The van der Waals surface area contributed by atoms with Crippen molar-refractivity contribution in [1.29, 1.82) is 0 Å². The van der Waals surface area contributed by atoms with Crippen molar-refractivity contribution in [1.82, 2.24) is 4.90 Å². The van der Waals surface area contributed by atoms with E-state index in [1.165, 1.54) is 16.8 Å². The van der Waals surface area contributed by atoms with Crippen LogP contribution in [0.15, 0.2) is 48.5 Å². The van der Waals surface area contributed by atoms with E-state index in [1.54, 1.807) is 4.90 Å². The normalized spacial score (nSPS) is 12.0. The molecule has 0 saturated heterocycles. The number of amides is 1. The number of fused-ring (bicyclic) bond motifs is 1. The first-order chi connectivity index (χ1) is 10.2. The molecule has 0 aromatic heterocycles. The Morgan fingerprint density at radius 1 is 1.18 bits per heavy atom. The summed E-state index contributed by atoms with van der Waals surface area (Å²) in [5, 5.41) is 3.32. The van der Waals surface area contributed by atoms with Crippen molar-refractivity contribution in [3.8, 4) is 0 Å². The van der Waals surface area contributed by atoms with Crippen LogP contribution >= 0.6 is 12.4 Å². The predicted octanol–water partition coefficient (Wildman–Crippen LogP) is 3.39. The van der Waals surface area contributed by atoms with Crippen molar-refractivity contribution in [2.24, 2.45) is 0 Å². The highest BCUT2D eigenvalue weighted by Gasteiger charge is 2.16. The van der Waals surface area contributed by atoms with Crippen LogP contribution in [0, 0.1) is 0 Å². The Kier molecular flexibility index (Phi) is 5.45. The molecule has 0 bridgehead atoms. The molecule has 2 aromatic rings. The average molecular weight is 317 g/mol. The van der Waals surface area contributed by atoms with E-state index in [4.69, 9.17) is 0 Å². The number of carbonyl (C=O) groups is 1. The summed E-state index contributed by atoms with van der Waals surface area (Å²) in [7, 11) is 1.87. The van der Waals surface area contributed by atoms with Crippen LogP contribution < -0.4 is 5.32 Å². The number of hydrogen-bond donors (Lipinski definition) is 1. The molecule has 116 valence electrons. The van der Waals surface area contributed by atoms with Crippen LogP contribution in [0.5, 0.6) is 0 Å². The van der Waals surface area contributed by atoms with Crippen molar-refractivity contribution in [2.75, 3.05) is 25.5 Å². The zero-order chi connectivity index (χ0) is 14.7. The average Bonchev–Trinajstić information content (AvgIpc) is 3.00. The summed E-state index contributed by atoms with van der Waals surface area (Å²) >= 11 is 0. The lowest BCUT2D eigenvalue weighted by Gasteiger charge is -2.17. The number of nitrogens with one attached hydrogen (secondary N) is 1. The number of likely N-dealkylation sites (N-methyl/N-ethyl adjacent to an activating group) is 1. The fourth-order valence-corrected chi connectivity index (χ4v) is 2.70. The van der Waals surface area contributed by atoms with E-state index in [-0.39, 0.29) is 18.3 Å². The Morgan fingerprint density at radius 3 is 2.73 bits per heavy atom. The van der Waals surface area contributed by atoms with E-state index in [9.17, 15) is 4.79 Å². The number of carbonyl (C=O) groups excluding carboxylic acids is 1. The molecular weight excluding hydrogens is 296 g/mol. The summed E-state index contributed by atoms with van der Waals surface area (Å²) in [5.41, 5.74) is 4.46. The Labute approximate surface area is 137 Å². The summed E-state index contributed by atoms with van der Waals surface area (Å²) in [6.07, 6.45) is 1.89. The third-order valence-electron chi connectivity index (χ3n) is 3.99. The van der Waals surface area contributed by atoms with Gasteiger partial charge < -0.3 is 10.2 Å². The van der Waals surface area contributed by atoms with E-state index in [1.807, 2.05) is 43.4 Å². The van der Waals surface area contributed by atoms with E-state index < -0.39 is 0 Å². The minimum absolute atomic E-state index is 0. The molecule has 0 spiro atoms. The zero-order valence-electron chi connectivity index (χ0n) is 12.7. The molecule has 1 N–H and O–H groups in total. The molecule has 1 amide bonds. The smallest absolute Gasteiger partial charge is 0.253 e. The maximum atomic E-state index is 12.5. The molecule has 4 heteroatoms. The number of anilines is 1. The van der Waals surface area contributed by atoms with Crippen LogP contribution in [-0.4, -0.2) is 30.9 Å². The van der Waals surface area contributed by atoms with Crippen LogP contribution in [0.25, 0.3) is 0 Å². The van der Waals surface area contributed by atoms with Crippen LogP contribution in [0.4, 0.5) is 5.69 Å². The molecule has 0 atom stereocenters. The second-order valence-corrected chi connectivity index (χ2v) is 5.51. The summed E-state index contributed by atoms with van der Waals surface area (Å²) in [6.45, 7) is 1.70. The van der Waals surface area contributed by atoms with E-state index >= 15 is 0 Å². The Morgan fingerprint density at radius 2 is 1.95 bits per heavy atom. The minimum Gasteiger partial charge on any atom is -0.384 e. The van der Waals surface area contributed by atoms with Gasteiger partial charge in [0.1, 0.15) is 0 Å². The third kappa shape index (κ3) is 3.60. The number of hydrogen-bond acceptors (Lipinski definition) is 2. The van der Waals surface area contributed by atoms with Crippen LogP contribution in [0.2, 0.25) is 0 Å². The lowest BCUT2D eigenvalue weighted by Crippen LogP contribution is -2.28. The Bertz CT molecular complexity index is 643. The van der Waals surface area contributed by atoms with Gasteiger partial charge in [0.2, 0.25) is 0 Å². The van der Waals surface area contributed by atoms with Crippen LogP contribution in [-0.2, 0) is 12.8 Å². The number of halogens is 1. The van der Waals surface area contributed by atoms with Gasteiger partial charge in [0.25, 0.3) is 5.91 Å². The fraction of sp³-hybridized carbons (Fsp3) is 0.278. The van der Waals surface area contributed by atoms with Gasteiger partial charge in [-0.2, -0.15) is 0 Å². The Balaban J connectivity index is 0.00000176. The quantitative estimate of drug-likeness (QED) is 0.937. The van der Waals surface area contributed by atoms with Crippen LogP contribution in [0.1, 0.15) is 21.5 Å². The highest BCUT2D eigenvalue weighted by molar-refractivity contribution is 5.95. The van der Waals surface area contributed by atoms with Gasteiger partial charge in [-0.3, -0.25) is 4.79 Å². The topological polar surface area (TPSA) is 32.3 Å². The molecule has 1 aliphatic heterocycles. The first-order valence-corrected chi connectivity index (χ1v) is 7.40. The van der Waals surface area contributed by atoms with E-state index in [0.29, 0.717) is 0 Å². The third-order valence-corrected chi connectivity index (χ3v) is 3.99. The molecule has 0 saturated carbocycles. The Hall–Kier alpha value is -2.00. The second kappa shape index (κ2) is 7.32. The molecule has 0 unspecified atom stereocenters. The maximum absolute atomic E-state index is 12.5. The van der Waals surface area contributed by atoms with Crippen molar-refractivity contribution in [2.45, 2.75) is 12.8 Å². The molecule has 0 aliphatic carbocycles. The summed E-state index contributed by atoms with van der Waals surface area (Å²) in [6, 6.07) is 16.2. The molecule has 0 radical (unpaired) electrons. The van der Waals surface area contributed by atoms with Gasteiger partial charge in [0.05, 0.1) is 0 Å². The maximum Gasteiger partial charge on any atom is 0.253 e. The van der Waals surface area contributed by atoms with Gasteiger partial charge in [0.15, 0.2) is 0 Å². The van der Waals surface area contributed by atoms with Crippen LogP contribution in [0.3, 0.4) is 0 Å². The van der Waals surface area contributed by atoms with Gasteiger partial charge in [-0.05, 0) is 42.2 Å². The largest absolute Gasteiger partial charge is 0.384 e. The van der Waals surface area contributed by atoms with Crippen molar-refractivity contribution < 1.29 is 4.79 Å². The van der Waals surface area contributed by atoms with Crippen molar-refractivity contribution >= 4 is 24.0 Å². The predicted molar refractivity (Wildman–Crippen MR) is 93.0 cm³/mol. The number of benzene rings is 2. The highest BCUT2D eigenvalue weighted by atomic mass is 35.5. The van der Waals surface area contributed by atoms with E-state index in [0.717, 1.165) is 31.5 Å². The summed E-state index contributed by atoms with van der Waals surface area (Å²) in [4.78, 5) is 14.3. The monoisotopic (exact) mass is 316 g/mol. The van der Waals surface area contributed by atoms with Gasteiger partial charge in [-0.15, -0.1) is 12.4 Å². The van der Waals surface area contributed by atoms with Gasteiger partial charge in [0, 0.05) is 31.4 Å². The first kappa shape index (κ1) is 16.4. The van der Waals surface area contributed by atoms with Gasteiger partial charge in [-0.25, -0.2) is 0 Å². The van der Waals surface area contributed by atoms with Crippen molar-refractivity contribution in [3.05, 3.63) is 65.2 Å². The molecular formula is C18H21ClN2O. The zero-order valence-corrected chi connectivity index (χ0v) is 13.5. The van der Waals surface area contributed by atoms with Gasteiger partial charge in [-0.1, -0.05) is 30.3 Å². The minimum atomic E-state index is 0. The number of rotatable bonds is 4. The summed E-state index contributed by atoms with van der Waals surface area (Å²) < 4.78 is 0. The molecule has 1 aliphatic rings. The molecule has 0 fully saturated rings. The lowest BCUT2D eigenvalue weighted by molar-refractivity contribution is 0.0796. The molecule has 3 rings (SSSR count). The molecule has 2 aromatic carbocycles. The number of nitrogens with zero attached hydrogens (tertiary/aromatic N) is 1. The molecule has 3 nitrogen and oxygen atoms in total. The van der Waals surface area contributed by atoms with Crippen molar-refractivity contribution in [3.63, 3.8) is 0 Å². The molecule has 1 heterocycles. The standard InChI is InChI=1S/C18H20N2O.ClH/c1-20(12-10-14-5-3-2-4-6-14)18(21)16-7-8-17-15(13-16)9-11-19-17;/h2-8,13,19H,9-12H2,1H3;1H. The summed E-state index contributed by atoms with van der Waals surface area (Å²) in [5.74, 6) is 0.0978.